The van der Waals surface area contributed by atoms with E-state index in [4.69, 9.17) is 16.3 Å². The molecule has 0 aliphatic carbocycles. The number of ether oxygens (including phenoxy) is 1. The number of aromatic nitrogens is 1. The fourth-order valence-corrected chi connectivity index (χ4v) is 1.49. The molecule has 1 aromatic rings. The second kappa shape index (κ2) is 7.01. The molecule has 1 N–H and O–H groups in total. The van der Waals surface area contributed by atoms with Gasteiger partial charge in [0.2, 0.25) is 0 Å². The summed E-state index contributed by atoms with van der Waals surface area (Å²) in [7, 11) is 0. The first-order valence-corrected chi connectivity index (χ1v) is 6.17. The maximum Gasteiger partial charge on any atom is 0.252 e. The average Bonchev–Trinajstić information content (AvgIpc) is 2.30. The summed E-state index contributed by atoms with van der Waals surface area (Å²) in [5, 5.41) is 3.11. The minimum atomic E-state index is -0.176. The zero-order chi connectivity index (χ0) is 13.5. The van der Waals surface area contributed by atoms with Crippen molar-refractivity contribution in [1.82, 2.24) is 10.3 Å². The van der Waals surface area contributed by atoms with Crippen LogP contribution in [0.25, 0.3) is 6.08 Å². The van der Waals surface area contributed by atoms with E-state index in [9.17, 15) is 4.79 Å². The Bertz CT molecular complexity index is 445. The van der Waals surface area contributed by atoms with Crippen molar-refractivity contribution in [2.45, 2.75) is 26.8 Å². The van der Waals surface area contributed by atoms with Crippen molar-refractivity contribution >= 4 is 23.6 Å². The Hall–Kier alpha value is -1.55. The quantitative estimate of drug-likeness (QED) is 0.660. The first-order valence-electron chi connectivity index (χ1n) is 5.79. The summed E-state index contributed by atoms with van der Waals surface area (Å²) in [6.07, 6.45) is 4.78. The molecular weight excluding hydrogens is 252 g/mol. The van der Waals surface area contributed by atoms with Crippen molar-refractivity contribution in [3.63, 3.8) is 0 Å². The molecule has 1 amide bonds. The van der Waals surface area contributed by atoms with E-state index < -0.39 is 0 Å². The number of hydrogen-bond donors (Lipinski definition) is 1. The van der Waals surface area contributed by atoms with Gasteiger partial charge in [0, 0.05) is 17.8 Å². The standard InChI is InChI=1S/C13H17ClN2O2/c1-4-18-6-5-10-8-15-12(14)7-11(10)13(17)16-9(2)3/h5-9H,4H2,1-3H3,(H,16,17)/b6-5+. The van der Waals surface area contributed by atoms with E-state index in [2.05, 4.69) is 10.3 Å². The van der Waals surface area contributed by atoms with Crippen LogP contribution in [0.1, 0.15) is 36.7 Å². The van der Waals surface area contributed by atoms with Gasteiger partial charge in [-0.15, -0.1) is 0 Å². The molecule has 0 bridgehead atoms. The number of carbonyl (C=O) groups excluding carboxylic acids is 1. The van der Waals surface area contributed by atoms with Crippen molar-refractivity contribution in [3.8, 4) is 0 Å². The largest absolute Gasteiger partial charge is 0.501 e. The van der Waals surface area contributed by atoms with Crippen molar-refractivity contribution in [3.05, 3.63) is 34.8 Å². The van der Waals surface area contributed by atoms with E-state index in [0.29, 0.717) is 17.7 Å². The zero-order valence-electron chi connectivity index (χ0n) is 10.7. The van der Waals surface area contributed by atoms with Gasteiger partial charge in [0.05, 0.1) is 18.4 Å². The van der Waals surface area contributed by atoms with Gasteiger partial charge >= 0.3 is 0 Å². The monoisotopic (exact) mass is 268 g/mol. The number of carbonyl (C=O) groups is 1. The van der Waals surface area contributed by atoms with Crippen molar-refractivity contribution in [2.75, 3.05) is 6.61 Å². The predicted octanol–water partition coefficient (Wildman–Crippen LogP) is 2.88. The second-order valence-electron chi connectivity index (χ2n) is 3.98. The number of amides is 1. The molecule has 0 saturated heterocycles. The van der Waals surface area contributed by atoms with Gasteiger partial charge in [-0.25, -0.2) is 4.98 Å². The van der Waals surface area contributed by atoms with E-state index in [1.807, 2.05) is 20.8 Å². The molecule has 0 atom stereocenters. The Morgan fingerprint density at radius 1 is 1.61 bits per heavy atom. The number of nitrogens with one attached hydrogen (secondary N) is 1. The molecular formula is C13H17ClN2O2. The predicted molar refractivity (Wildman–Crippen MR) is 72.5 cm³/mol. The molecule has 1 aromatic heterocycles. The molecule has 0 aliphatic heterocycles. The molecule has 5 heteroatoms. The second-order valence-corrected chi connectivity index (χ2v) is 4.37. The Labute approximate surface area is 112 Å². The molecule has 0 aliphatic rings. The average molecular weight is 269 g/mol. The molecule has 0 unspecified atom stereocenters. The number of rotatable bonds is 5. The smallest absolute Gasteiger partial charge is 0.252 e. The zero-order valence-corrected chi connectivity index (χ0v) is 11.5. The van der Waals surface area contributed by atoms with E-state index in [-0.39, 0.29) is 17.1 Å². The lowest BCUT2D eigenvalue weighted by atomic mass is 10.1. The van der Waals surface area contributed by atoms with Crippen LogP contribution < -0.4 is 5.32 Å². The normalized spacial score (nSPS) is 10.9. The molecule has 0 aromatic carbocycles. The molecule has 0 fully saturated rings. The fraction of sp³-hybridized carbons (Fsp3) is 0.385. The van der Waals surface area contributed by atoms with Crippen LogP contribution in [0.3, 0.4) is 0 Å². The lowest BCUT2D eigenvalue weighted by molar-refractivity contribution is 0.0943. The molecule has 1 heterocycles. The Balaban J connectivity index is 2.99. The topological polar surface area (TPSA) is 51.2 Å². The van der Waals surface area contributed by atoms with Gasteiger partial charge in [-0.1, -0.05) is 11.6 Å². The first-order chi connectivity index (χ1) is 8.54. The summed E-state index contributed by atoms with van der Waals surface area (Å²) in [5.74, 6) is -0.176. The Kier molecular flexibility index (Phi) is 5.65. The van der Waals surface area contributed by atoms with Crippen LogP contribution in [0.4, 0.5) is 0 Å². The highest BCUT2D eigenvalue weighted by molar-refractivity contribution is 6.29. The van der Waals surface area contributed by atoms with Crippen LogP contribution in [0, 0.1) is 0 Å². The van der Waals surface area contributed by atoms with E-state index >= 15 is 0 Å². The maximum absolute atomic E-state index is 12.0. The Morgan fingerprint density at radius 3 is 2.94 bits per heavy atom. The van der Waals surface area contributed by atoms with Gasteiger partial charge in [-0.2, -0.15) is 0 Å². The third-order valence-electron chi connectivity index (χ3n) is 2.08. The number of nitrogens with zero attached hydrogens (tertiary/aromatic N) is 1. The summed E-state index contributed by atoms with van der Waals surface area (Å²) >= 11 is 5.81. The summed E-state index contributed by atoms with van der Waals surface area (Å²) in [6, 6.07) is 1.61. The fourth-order valence-electron chi connectivity index (χ4n) is 1.33. The van der Waals surface area contributed by atoms with Crippen molar-refractivity contribution in [2.24, 2.45) is 0 Å². The SMILES string of the molecule is CCO/C=C/c1cnc(Cl)cc1C(=O)NC(C)C. The minimum Gasteiger partial charge on any atom is -0.501 e. The van der Waals surface area contributed by atoms with Crippen LogP contribution in [-0.4, -0.2) is 23.5 Å². The molecule has 4 nitrogen and oxygen atoms in total. The van der Waals surface area contributed by atoms with Gasteiger partial charge in [-0.3, -0.25) is 4.79 Å². The van der Waals surface area contributed by atoms with Gasteiger partial charge in [0.1, 0.15) is 5.15 Å². The van der Waals surface area contributed by atoms with E-state index in [0.717, 1.165) is 0 Å². The lowest BCUT2D eigenvalue weighted by Crippen LogP contribution is -2.30. The summed E-state index contributed by atoms with van der Waals surface area (Å²) in [6.45, 7) is 6.26. The van der Waals surface area contributed by atoms with Crippen LogP contribution in [0.15, 0.2) is 18.5 Å². The van der Waals surface area contributed by atoms with Crippen LogP contribution in [0.2, 0.25) is 5.15 Å². The summed E-state index contributed by atoms with van der Waals surface area (Å²) in [4.78, 5) is 15.9. The first kappa shape index (κ1) is 14.5. The van der Waals surface area contributed by atoms with Crippen LogP contribution in [-0.2, 0) is 4.74 Å². The molecule has 0 spiro atoms. The lowest BCUT2D eigenvalue weighted by Gasteiger charge is -2.10. The third-order valence-corrected chi connectivity index (χ3v) is 2.28. The number of hydrogen-bond acceptors (Lipinski definition) is 3. The van der Waals surface area contributed by atoms with Crippen LogP contribution in [0.5, 0.6) is 0 Å². The molecule has 98 valence electrons. The molecule has 18 heavy (non-hydrogen) atoms. The summed E-state index contributed by atoms with van der Waals surface area (Å²) < 4.78 is 5.11. The van der Waals surface area contributed by atoms with E-state index in [1.165, 1.54) is 6.26 Å². The number of pyridine rings is 1. The molecule has 1 rings (SSSR count). The highest BCUT2D eigenvalue weighted by atomic mass is 35.5. The Morgan fingerprint density at radius 2 is 2.33 bits per heavy atom. The van der Waals surface area contributed by atoms with E-state index in [1.54, 1.807) is 18.3 Å². The van der Waals surface area contributed by atoms with Gasteiger partial charge < -0.3 is 10.1 Å². The van der Waals surface area contributed by atoms with Gasteiger partial charge in [-0.05, 0) is 32.9 Å². The minimum absolute atomic E-state index is 0.0631. The highest BCUT2D eigenvalue weighted by Crippen LogP contribution is 2.15. The maximum atomic E-state index is 12.0. The molecule has 0 radical (unpaired) electrons. The van der Waals surface area contributed by atoms with Crippen LogP contribution >= 0.6 is 11.6 Å². The van der Waals surface area contributed by atoms with Gasteiger partial charge in [0.25, 0.3) is 5.91 Å². The van der Waals surface area contributed by atoms with Crippen molar-refractivity contribution in [1.29, 1.82) is 0 Å². The summed E-state index contributed by atoms with van der Waals surface area (Å²) in [5.41, 5.74) is 1.16. The molecule has 0 saturated carbocycles. The third kappa shape index (κ3) is 4.37. The van der Waals surface area contributed by atoms with Crippen molar-refractivity contribution < 1.29 is 9.53 Å². The van der Waals surface area contributed by atoms with Gasteiger partial charge in [0.15, 0.2) is 0 Å². The number of halogens is 1. The highest BCUT2D eigenvalue weighted by Gasteiger charge is 2.12.